The smallest absolute Gasteiger partial charge is 0.123 e. The average Bonchev–Trinajstić information content (AvgIpc) is 1.90. The highest BCUT2D eigenvalue weighted by atomic mass is 16.1. The van der Waals surface area contributed by atoms with E-state index in [2.05, 4.69) is 4.99 Å². The van der Waals surface area contributed by atoms with Gasteiger partial charge in [0.2, 0.25) is 0 Å². The summed E-state index contributed by atoms with van der Waals surface area (Å²) in [6, 6.07) is 0. The molecule has 1 aliphatic rings. The molecule has 0 spiro atoms. The quantitative estimate of drug-likeness (QED) is 0.457. The molecule has 8 heavy (non-hydrogen) atoms. The third-order valence-electron chi connectivity index (χ3n) is 1.36. The fraction of sp³-hybridized carbons (Fsp3) is 0.667. The number of carbonyl (C=O) groups is 1. The number of rotatable bonds is 1. The van der Waals surface area contributed by atoms with Crippen molar-refractivity contribution in [3.63, 3.8) is 0 Å². The number of hydrogen-bond acceptors (Lipinski definition) is 2. The molecule has 0 saturated heterocycles. The van der Waals surface area contributed by atoms with Gasteiger partial charge < -0.3 is 4.79 Å². The molecule has 0 aliphatic carbocycles. The van der Waals surface area contributed by atoms with E-state index in [1.807, 2.05) is 6.21 Å². The minimum absolute atomic E-state index is 0.257. The molecule has 1 atom stereocenters. The zero-order chi connectivity index (χ0) is 5.82. The molecule has 1 unspecified atom stereocenters. The summed E-state index contributed by atoms with van der Waals surface area (Å²) in [6.07, 6.45) is 4.65. The molecule has 0 aromatic carbocycles. The van der Waals surface area contributed by atoms with E-state index in [4.69, 9.17) is 0 Å². The normalized spacial score (nSPS) is 27.8. The molecule has 0 bridgehead atoms. The maximum atomic E-state index is 10.1. The van der Waals surface area contributed by atoms with Crippen LogP contribution in [0.3, 0.4) is 0 Å². The van der Waals surface area contributed by atoms with Gasteiger partial charge in [-0.3, -0.25) is 4.99 Å². The fourth-order valence-corrected chi connectivity index (χ4v) is 0.783. The van der Waals surface area contributed by atoms with E-state index in [0.717, 1.165) is 25.7 Å². The Hall–Kier alpha value is -0.660. The fourth-order valence-electron chi connectivity index (χ4n) is 0.783. The lowest BCUT2D eigenvalue weighted by Crippen LogP contribution is -2.08. The molecule has 44 valence electrons. The highest BCUT2D eigenvalue weighted by Crippen LogP contribution is 2.07. The zero-order valence-electron chi connectivity index (χ0n) is 4.71. The van der Waals surface area contributed by atoms with E-state index in [1.165, 1.54) is 0 Å². The molecule has 0 radical (unpaired) electrons. The summed E-state index contributed by atoms with van der Waals surface area (Å²) in [7, 11) is 0. The van der Waals surface area contributed by atoms with E-state index in [-0.39, 0.29) is 5.92 Å². The Balaban J connectivity index is 2.37. The summed E-state index contributed by atoms with van der Waals surface area (Å²) in [5.41, 5.74) is 0. The Kier molecular flexibility index (Phi) is 1.78. The van der Waals surface area contributed by atoms with Crippen molar-refractivity contribution in [2.75, 3.05) is 6.54 Å². The van der Waals surface area contributed by atoms with Gasteiger partial charge in [0.25, 0.3) is 0 Å². The maximum Gasteiger partial charge on any atom is 0.123 e. The predicted molar refractivity (Wildman–Crippen MR) is 32.1 cm³/mol. The van der Waals surface area contributed by atoms with E-state index in [9.17, 15) is 4.79 Å². The first-order valence-corrected chi connectivity index (χ1v) is 2.87. The second-order valence-corrected chi connectivity index (χ2v) is 2.01. The van der Waals surface area contributed by atoms with Gasteiger partial charge in [-0.05, 0) is 19.1 Å². The molecule has 1 rings (SSSR count). The van der Waals surface area contributed by atoms with Gasteiger partial charge in [-0.15, -0.1) is 0 Å². The minimum atomic E-state index is 0.257. The lowest BCUT2D eigenvalue weighted by atomic mass is 10.0. The standard InChI is InChI=1S/C6H9NO/c8-5-6-1-3-7-4-2-6/h3,5-6H,1-2,4H2. The molecule has 0 N–H and O–H groups in total. The van der Waals surface area contributed by atoms with Gasteiger partial charge in [-0.2, -0.15) is 0 Å². The van der Waals surface area contributed by atoms with Gasteiger partial charge in [-0.1, -0.05) is 0 Å². The SMILES string of the molecule is O=CC1CC=NCC1. The van der Waals surface area contributed by atoms with Crippen LogP contribution in [-0.4, -0.2) is 19.0 Å². The number of carbonyl (C=O) groups excluding carboxylic acids is 1. The van der Waals surface area contributed by atoms with Crippen LogP contribution in [0.25, 0.3) is 0 Å². The Morgan fingerprint density at radius 1 is 1.75 bits per heavy atom. The number of nitrogens with zero attached hydrogens (tertiary/aromatic N) is 1. The molecule has 1 heterocycles. The molecule has 0 fully saturated rings. The van der Waals surface area contributed by atoms with Crippen molar-refractivity contribution in [3.05, 3.63) is 0 Å². The monoisotopic (exact) mass is 111 g/mol. The van der Waals surface area contributed by atoms with E-state index in [0.29, 0.717) is 0 Å². The summed E-state index contributed by atoms with van der Waals surface area (Å²) in [5, 5.41) is 0. The summed E-state index contributed by atoms with van der Waals surface area (Å²) >= 11 is 0. The van der Waals surface area contributed by atoms with Crippen molar-refractivity contribution in [1.29, 1.82) is 0 Å². The Morgan fingerprint density at radius 3 is 3.00 bits per heavy atom. The molecular formula is C6H9NO. The summed E-state index contributed by atoms with van der Waals surface area (Å²) in [4.78, 5) is 14.1. The van der Waals surface area contributed by atoms with E-state index < -0.39 is 0 Å². The average molecular weight is 111 g/mol. The van der Waals surface area contributed by atoms with Crippen LogP contribution in [0.5, 0.6) is 0 Å². The molecular weight excluding hydrogens is 102 g/mol. The highest BCUT2D eigenvalue weighted by Gasteiger charge is 2.06. The molecule has 0 aromatic heterocycles. The van der Waals surface area contributed by atoms with Crippen molar-refractivity contribution >= 4 is 12.5 Å². The van der Waals surface area contributed by atoms with Crippen LogP contribution >= 0.6 is 0 Å². The first kappa shape index (κ1) is 5.48. The van der Waals surface area contributed by atoms with Crippen LogP contribution in [0.1, 0.15) is 12.8 Å². The Bertz CT molecular complexity index is 109. The molecule has 0 saturated carbocycles. The van der Waals surface area contributed by atoms with Crippen LogP contribution in [0.2, 0.25) is 0 Å². The zero-order valence-corrected chi connectivity index (χ0v) is 4.71. The third-order valence-corrected chi connectivity index (χ3v) is 1.36. The van der Waals surface area contributed by atoms with Crippen LogP contribution < -0.4 is 0 Å². The van der Waals surface area contributed by atoms with Crippen LogP contribution in [0.15, 0.2) is 4.99 Å². The second-order valence-electron chi connectivity index (χ2n) is 2.01. The van der Waals surface area contributed by atoms with E-state index in [1.54, 1.807) is 0 Å². The van der Waals surface area contributed by atoms with Gasteiger partial charge in [0, 0.05) is 12.5 Å². The Labute approximate surface area is 48.6 Å². The summed E-state index contributed by atoms with van der Waals surface area (Å²) in [5.74, 6) is 0.257. The number of hydrogen-bond donors (Lipinski definition) is 0. The van der Waals surface area contributed by atoms with Crippen molar-refractivity contribution < 1.29 is 4.79 Å². The molecule has 1 aliphatic heterocycles. The van der Waals surface area contributed by atoms with Gasteiger partial charge in [0.15, 0.2) is 0 Å². The summed E-state index contributed by atoms with van der Waals surface area (Å²) < 4.78 is 0. The maximum absolute atomic E-state index is 10.1. The molecule has 2 nitrogen and oxygen atoms in total. The minimum Gasteiger partial charge on any atom is -0.303 e. The first-order chi connectivity index (χ1) is 3.93. The highest BCUT2D eigenvalue weighted by molar-refractivity contribution is 5.66. The molecule has 2 heteroatoms. The van der Waals surface area contributed by atoms with Crippen LogP contribution in [0, 0.1) is 5.92 Å². The largest absolute Gasteiger partial charge is 0.303 e. The van der Waals surface area contributed by atoms with Crippen LogP contribution in [-0.2, 0) is 4.79 Å². The van der Waals surface area contributed by atoms with Crippen molar-refractivity contribution in [1.82, 2.24) is 0 Å². The third kappa shape index (κ3) is 1.15. The van der Waals surface area contributed by atoms with Crippen molar-refractivity contribution in [2.24, 2.45) is 10.9 Å². The van der Waals surface area contributed by atoms with Gasteiger partial charge in [0.1, 0.15) is 6.29 Å². The van der Waals surface area contributed by atoms with Crippen LogP contribution in [0.4, 0.5) is 0 Å². The number of aldehydes is 1. The van der Waals surface area contributed by atoms with E-state index >= 15 is 0 Å². The Morgan fingerprint density at radius 2 is 2.62 bits per heavy atom. The lowest BCUT2D eigenvalue weighted by molar-refractivity contribution is -0.111. The van der Waals surface area contributed by atoms with Gasteiger partial charge >= 0.3 is 0 Å². The predicted octanol–water partition coefficient (Wildman–Crippen LogP) is 0.666. The van der Waals surface area contributed by atoms with Gasteiger partial charge in [0.05, 0.1) is 0 Å². The molecule has 0 aromatic rings. The first-order valence-electron chi connectivity index (χ1n) is 2.87. The van der Waals surface area contributed by atoms with Crippen molar-refractivity contribution in [2.45, 2.75) is 12.8 Å². The topological polar surface area (TPSA) is 29.4 Å². The van der Waals surface area contributed by atoms with Gasteiger partial charge in [-0.25, -0.2) is 0 Å². The summed E-state index contributed by atoms with van der Waals surface area (Å²) in [6.45, 7) is 0.837. The van der Waals surface area contributed by atoms with Crippen molar-refractivity contribution in [3.8, 4) is 0 Å². The molecule has 0 amide bonds. The lowest BCUT2D eigenvalue weighted by Gasteiger charge is -2.07. The second kappa shape index (κ2) is 2.60. The number of aliphatic imine (C=N–C) groups is 1.